The average molecular weight is 284 g/mol. The van der Waals surface area contributed by atoms with Gasteiger partial charge in [0, 0.05) is 18.3 Å². The molecule has 0 radical (unpaired) electrons. The van der Waals surface area contributed by atoms with Crippen molar-refractivity contribution in [3.63, 3.8) is 0 Å². The second kappa shape index (κ2) is 5.89. The van der Waals surface area contributed by atoms with Crippen LogP contribution in [0.1, 0.15) is 18.9 Å². The quantitative estimate of drug-likeness (QED) is 0.900. The number of anilines is 1. The lowest BCUT2D eigenvalue weighted by Crippen LogP contribution is -2.35. The second-order valence-electron chi connectivity index (χ2n) is 4.51. The number of nitriles is 1. The number of hydrogen-bond acceptors (Lipinski definition) is 3. The van der Waals surface area contributed by atoms with E-state index in [4.69, 9.17) is 11.0 Å². The summed E-state index contributed by atoms with van der Waals surface area (Å²) in [5, 5.41) is 8.81. The van der Waals surface area contributed by atoms with Crippen molar-refractivity contribution in [3.8, 4) is 6.07 Å². The summed E-state index contributed by atoms with van der Waals surface area (Å²) in [7, 11) is 0. The predicted molar refractivity (Wildman–Crippen MR) is 72.5 cm³/mol. The first-order valence-corrected chi connectivity index (χ1v) is 5.80. The molecule has 0 saturated carbocycles. The molecule has 1 aliphatic rings. The predicted octanol–water partition coefficient (Wildman–Crippen LogP) is 1.82. The maximum absolute atomic E-state index is 13.2. The highest BCUT2D eigenvalue weighted by Gasteiger charge is 2.34. The molecule has 102 valence electrons. The third kappa shape index (κ3) is 2.79. The molecule has 2 atom stereocenters. The largest absolute Gasteiger partial charge is 0.369 e. The maximum Gasteiger partial charge on any atom is 0.222 e. The SMILES string of the molecule is CC1C(C(N)=O)CCN1c1ccc(F)c(C#N)c1.Cl. The molecule has 2 rings (SSSR count). The van der Waals surface area contributed by atoms with Gasteiger partial charge < -0.3 is 10.6 Å². The van der Waals surface area contributed by atoms with Gasteiger partial charge in [-0.05, 0) is 31.5 Å². The van der Waals surface area contributed by atoms with E-state index in [1.165, 1.54) is 12.1 Å². The Morgan fingerprint density at radius 2 is 2.26 bits per heavy atom. The molecule has 1 amide bonds. The average Bonchev–Trinajstić information content (AvgIpc) is 2.72. The lowest BCUT2D eigenvalue weighted by molar-refractivity contribution is -0.121. The summed E-state index contributed by atoms with van der Waals surface area (Å²) in [6.07, 6.45) is 0.690. The van der Waals surface area contributed by atoms with Crippen molar-refractivity contribution >= 4 is 24.0 Å². The van der Waals surface area contributed by atoms with Crippen molar-refractivity contribution in [1.29, 1.82) is 5.26 Å². The van der Waals surface area contributed by atoms with E-state index >= 15 is 0 Å². The van der Waals surface area contributed by atoms with Crippen LogP contribution in [0.15, 0.2) is 18.2 Å². The van der Waals surface area contributed by atoms with Gasteiger partial charge in [-0.25, -0.2) is 4.39 Å². The Hall–Kier alpha value is -1.80. The zero-order valence-electron chi connectivity index (χ0n) is 10.5. The van der Waals surface area contributed by atoms with Gasteiger partial charge in [-0.2, -0.15) is 5.26 Å². The van der Waals surface area contributed by atoms with Gasteiger partial charge in [0.05, 0.1) is 11.5 Å². The third-order valence-electron chi connectivity index (χ3n) is 3.52. The van der Waals surface area contributed by atoms with E-state index in [9.17, 15) is 9.18 Å². The van der Waals surface area contributed by atoms with Crippen molar-refractivity contribution in [2.24, 2.45) is 11.7 Å². The van der Waals surface area contributed by atoms with E-state index in [0.29, 0.717) is 13.0 Å². The van der Waals surface area contributed by atoms with Crippen LogP contribution in [0.5, 0.6) is 0 Å². The zero-order valence-corrected chi connectivity index (χ0v) is 11.3. The minimum absolute atomic E-state index is 0. The summed E-state index contributed by atoms with van der Waals surface area (Å²) in [4.78, 5) is 13.2. The fraction of sp³-hybridized carbons (Fsp3) is 0.385. The van der Waals surface area contributed by atoms with E-state index in [1.54, 1.807) is 6.07 Å². The van der Waals surface area contributed by atoms with Gasteiger partial charge in [0.25, 0.3) is 0 Å². The molecule has 6 heteroatoms. The van der Waals surface area contributed by atoms with Gasteiger partial charge in [0.15, 0.2) is 0 Å². The van der Waals surface area contributed by atoms with E-state index < -0.39 is 5.82 Å². The molecule has 4 nitrogen and oxygen atoms in total. The van der Waals surface area contributed by atoms with E-state index in [-0.39, 0.29) is 35.8 Å². The molecular weight excluding hydrogens is 269 g/mol. The Morgan fingerprint density at radius 3 is 2.79 bits per heavy atom. The summed E-state index contributed by atoms with van der Waals surface area (Å²) in [5.41, 5.74) is 6.10. The van der Waals surface area contributed by atoms with Crippen LogP contribution >= 0.6 is 12.4 Å². The molecule has 1 aliphatic heterocycles. The summed E-state index contributed by atoms with van der Waals surface area (Å²) in [6, 6.07) is 6.19. The Morgan fingerprint density at radius 1 is 1.58 bits per heavy atom. The lowest BCUT2D eigenvalue weighted by Gasteiger charge is -2.25. The lowest BCUT2D eigenvalue weighted by atomic mass is 10.0. The molecule has 0 bridgehead atoms. The summed E-state index contributed by atoms with van der Waals surface area (Å²) in [5.74, 6) is -1.03. The van der Waals surface area contributed by atoms with Gasteiger partial charge in [0.1, 0.15) is 11.9 Å². The van der Waals surface area contributed by atoms with Gasteiger partial charge in [-0.1, -0.05) is 0 Å². The Balaban J connectivity index is 0.00000180. The zero-order chi connectivity index (χ0) is 13.3. The van der Waals surface area contributed by atoms with Crippen molar-refractivity contribution in [3.05, 3.63) is 29.6 Å². The molecule has 0 aromatic heterocycles. The Bertz CT molecular complexity index is 529. The van der Waals surface area contributed by atoms with Gasteiger partial charge in [-0.3, -0.25) is 4.79 Å². The first-order chi connectivity index (χ1) is 8.54. The Labute approximate surface area is 117 Å². The van der Waals surface area contributed by atoms with E-state index in [2.05, 4.69) is 0 Å². The number of benzene rings is 1. The second-order valence-corrected chi connectivity index (χ2v) is 4.51. The molecule has 2 N–H and O–H groups in total. The van der Waals surface area contributed by atoms with Crippen LogP contribution in [0.4, 0.5) is 10.1 Å². The van der Waals surface area contributed by atoms with Crippen molar-refractivity contribution in [1.82, 2.24) is 0 Å². The minimum Gasteiger partial charge on any atom is -0.369 e. The molecule has 1 heterocycles. The molecule has 1 saturated heterocycles. The molecule has 19 heavy (non-hydrogen) atoms. The van der Waals surface area contributed by atoms with Gasteiger partial charge in [-0.15, -0.1) is 12.4 Å². The van der Waals surface area contributed by atoms with Crippen LogP contribution in [0.3, 0.4) is 0 Å². The normalized spacial score (nSPS) is 21.6. The highest BCUT2D eigenvalue weighted by Crippen LogP contribution is 2.30. The number of amides is 1. The fourth-order valence-electron chi connectivity index (χ4n) is 2.46. The van der Waals surface area contributed by atoms with Crippen molar-refractivity contribution < 1.29 is 9.18 Å². The monoisotopic (exact) mass is 283 g/mol. The number of primary amides is 1. The topological polar surface area (TPSA) is 70.1 Å². The van der Waals surface area contributed by atoms with Crippen LogP contribution in [0.2, 0.25) is 0 Å². The van der Waals surface area contributed by atoms with Gasteiger partial charge >= 0.3 is 0 Å². The first kappa shape index (κ1) is 15.3. The molecule has 2 unspecified atom stereocenters. The minimum atomic E-state index is -0.528. The number of nitrogens with zero attached hydrogens (tertiary/aromatic N) is 2. The summed E-state index contributed by atoms with van der Waals surface area (Å²) < 4.78 is 13.2. The highest BCUT2D eigenvalue weighted by molar-refractivity contribution is 5.85. The summed E-state index contributed by atoms with van der Waals surface area (Å²) in [6.45, 7) is 2.60. The third-order valence-corrected chi connectivity index (χ3v) is 3.52. The molecule has 1 aromatic carbocycles. The number of hydrogen-bond donors (Lipinski definition) is 1. The first-order valence-electron chi connectivity index (χ1n) is 5.80. The van der Waals surface area contributed by atoms with E-state index in [1.807, 2.05) is 17.9 Å². The maximum atomic E-state index is 13.2. The standard InChI is InChI=1S/C13H14FN3O.ClH/c1-8-11(13(16)18)4-5-17(8)10-2-3-12(14)9(6-10)7-15;/h2-3,6,8,11H,4-5H2,1H3,(H2,16,18);1H. The van der Waals surface area contributed by atoms with Crippen LogP contribution in [0.25, 0.3) is 0 Å². The van der Waals surface area contributed by atoms with Crippen molar-refractivity contribution in [2.45, 2.75) is 19.4 Å². The smallest absolute Gasteiger partial charge is 0.222 e. The molecule has 0 aliphatic carbocycles. The molecule has 1 fully saturated rings. The van der Waals surface area contributed by atoms with Gasteiger partial charge in [0.2, 0.25) is 5.91 Å². The number of rotatable bonds is 2. The van der Waals surface area contributed by atoms with Crippen LogP contribution in [-0.2, 0) is 4.79 Å². The fourth-order valence-corrected chi connectivity index (χ4v) is 2.46. The molecule has 1 aromatic rings. The molecule has 0 spiro atoms. The number of nitrogens with two attached hydrogens (primary N) is 1. The van der Waals surface area contributed by atoms with Crippen molar-refractivity contribution in [2.75, 3.05) is 11.4 Å². The van der Waals surface area contributed by atoms with Crippen LogP contribution < -0.4 is 10.6 Å². The number of halogens is 2. The van der Waals surface area contributed by atoms with Crippen LogP contribution in [0, 0.1) is 23.1 Å². The van der Waals surface area contributed by atoms with E-state index in [0.717, 1.165) is 5.69 Å². The molecular formula is C13H15ClFN3O. The highest BCUT2D eigenvalue weighted by atomic mass is 35.5. The number of carbonyl (C=O) groups is 1. The van der Waals surface area contributed by atoms with Crippen LogP contribution in [-0.4, -0.2) is 18.5 Å². The number of carbonyl (C=O) groups excluding carboxylic acids is 1. The summed E-state index contributed by atoms with van der Waals surface area (Å²) >= 11 is 0. The Kier molecular flexibility index (Phi) is 4.73.